The molecule has 18 heavy (non-hydrogen) atoms. The standard InChI is InChI=1S/C13H14ClFN2O/c1-8-9(2)18-13(17-8)7-16-6-10-3-4-11(15)5-12(10)14/h3-5,16H,6-7H2,1-2H3. The molecule has 0 atom stereocenters. The lowest BCUT2D eigenvalue weighted by molar-refractivity contribution is 0.448. The van der Waals surface area contributed by atoms with Crippen LogP contribution in [0.3, 0.4) is 0 Å². The summed E-state index contributed by atoms with van der Waals surface area (Å²) in [5, 5.41) is 3.57. The zero-order chi connectivity index (χ0) is 13.1. The van der Waals surface area contributed by atoms with Gasteiger partial charge in [-0.25, -0.2) is 9.37 Å². The van der Waals surface area contributed by atoms with E-state index in [-0.39, 0.29) is 5.82 Å². The summed E-state index contributed by atoms with van der Waals surface area (Å²) in [6.07, 6.45) is 0. The molecule has 1 aromatic heterocycles. The predicted molar refractivity (Wildman–Crippen MR) is 67.9 cm³/mol. The number of benzene rings is 1. The highest BCUT2D eigenvalue weighted by Crippen LogP contribution is 2.17. The normalized spacial score (nSPS) is 10.9. The van der Waals surface area contributed by atoms with Gasteiger partial charge in [0.05, 0.1) is 12.2 Å². The first-order valence-corrected chi connectivity index (χ1v) is 6.01. The fraction of sp³-hybridized carbons (Fsp3) is 0.308. The smallest absolute Gasteiger partial charge is 0.208 e. The Morgan fingerprint density at radius 1 is 1.33 bits per heavy atom. The molecule has 0 unspecified atom stereocenters. The highest BCUT2D eigenvalue weighted by atomic mass is 35.5. The number of nitrogens with one attached hydrogen (secondary N) is 1. The molecule has 3 nitrogen and oxygen atoms in total. The summed E-state index contributed by atoms with van der Waals surface area (Å²) in [5.74, 6) is 1.14. The minimum absolute atomic E-state index is 0.331. The van der Waals surface area contributed by atoms with Crippen molar-refractivity contribution in [2.45, 2.75) is 26.9 Å². The molecule has 0 saturated heterocycles. The summed E-state index contributed by atoms with van der Waals surface area (Å²) in [6, 6.07) is 4.36. The van der Waals surface area contributed by atoms with Crippen molar-refractivity contribution in [1.29, 1.82) is 0 Å². The summed E-state index contributed by atoms with van der Waals surface area (Å²) in [7, 11) is 0. The minimum atomic E-state index is -0.331. The Hall–Kier alpha value is -1.39. The average Bonchev–Trinajstić information content (AvgIpc) is 2.61. The van der Waals surface area contributed by atoms with Crippen LogP contribution in [0.5, 0.6) is 0 Å². The molecule has 2 rings (SSSR count). The van der Waals surface area contributed by atoms with Crippen molar-refractivity contribution in [3.63, 3.8) is 0 Å². The van der Waals surface area contributed by atoms with E-state index in [9.17, 15) is 4.39 Å². The molecule has 2 aromatic rings. The molecule has 96 valence electrons. The lowest BCUT2D eigenvalue weighted by Gasteiger charge is -2.04. The Morgan fingerprint density at radius 2 is 2.11 bits per heavy atom. The van der Waals surface area contributed by atoms with E-state index in [1.54, 1.807) is 6.07 Å². The Morgan fingerprint density at radius 3 is 2.72 bits per heavy atom. The maximum Gasteiger partial charge on any atom is 0.208 e. The third kappa shape index (κ3) is 3.09. The van der Waals surface area contributed by atoms with Crippen LogP contribution in [0.2, 0.25) is 5.02 Å². The van der Waals surface area contributed by atoms with Gasteiger partial charge in [0, 0.05) is 11.6 Å². The summed E-state index contributed by atoms with van der Waals surface area (Å²) in [6.45, 7) is 4.84. The van der Waals surface area contributed by atoms with E-state index in [2.05, 4.69) is 10.3 Å². The lowest BCUT2D eigenvalue weighted by atomic mass is 10.2. The van der Waals surface area contributed by atoms with Crippen LogP contribution in [0.15, 0.2) is 22.6 Å². The molecular weight excluding hydrogens is 255 g/mol. The molecule has 0 aliphatic carbocycles. The third-order valence-electron chi connectivity index (χ3n) is 2.68. The Balaban J connectivity index is 1.92. The number of halogens is 2. The van der Waals surface area contributed by atoms with Crippen molar-refractivity contribution >= 4 is 11.6 Å². The van der Waals surface area contributed by atoms with Gasteiger partial charge in [-0.15, -0.1) is 0 Å². The number of aromatic nitrogens is 1. The number of rotatable bonds is 4. The number of hydrogen-bond donors (Lipinski definition) is 1. The first-order valence-electron chi connectivity index (χ1n) is 5.64. The number of oxazole rings is 1. The molecule has 0 aliphatic heterocycles. The van der Waals surface area contributed by atoms with Crippen molar-refractivity contribution in [1.82, 2.24) is 10.3 Å². The van der Waals surface area contributed by atoms with Gasteiger partial charge < -0.3 is 9.73 Å². The van der Waals surface area contributed by atoms with Gasteiger partial charge in [0.25, 0.3) is 0 Å². The summed E-state index contributed by atoms with van der Waals surface area (Å²) >= 11 is 5.92. The molecule has 0 fully saturated rings. The van der Waals surface area contributed by atoms with E-state index >= 15 is 0 Å². The fourth-order valence-corrected chi connectivity index (χ4v) is 1.82. The van der Waals surface area contributed by atoms with Crippen molar-refractivity contribution in [3.05, 3.63) is 51.9 Å². The molecule has 0 spiro atoms. The second kappa shape index (κ2) is 5.50. The van der Waals surface area contributed by atoms with Gasteiger partial charge in [-0.2, -0.15) is 0 Å². The first-order chi connectivity index (χ1) is 8.56. The van der Waals surface area contributed by atoms with Crippen LogP contribution < -0.4 is 5.32 Å². The molecular formula is C13H14ClFN2O. The molecule has 0 radical (unpaired) electrons. The van der Waals surface area contributed by atoms with Gasteiger partial charge in [0.15, 0.2) is 0 Å². The maximum atomic E-state index is 12.9. The van der Waals surface area contributed by atoms with Gasteiger partial charge in [-0.1, -0.05) is 17.7 Å². The highest BCUT2D eigenvalue weighted by Gasteiger charge is 2.06. The zero-order valence-electron chi connectivity index (χ0n) is 10.3. The average molecular weight is 269 g/mol. The first kappa shape index (κ1) is 13.1. The van der Waals surface area contributed by atoms with Crippen LogP contribution in [0.1, 0.15) is 22.9 Å². The van der Waals surface area contributed by atoms with Crippen LogP contribution >= 0.6 is 11.6 Å². The zero-order valence-corrected chi connectivity index (χ0v) is 11.0. The molecule has 0 bridgehead atoms. The number of aryl methyl sites for hydroxylation is 2. The summed E-state index contributed by atoms with van der Waals surface area (Å²) in [5.41, 5.74) is 1.74. The van der Waals surface area contributed by atoms with E-state index in [1.807, 2.05) is 13.8 Å². The van der Waals surface area contributed by atoms with E-state index in [4.69, 9.17) is 16.0 Å². The maximum absolute atomic E-state index is 12.9. The Bertz CT molecular complexity index is 534. The molecule has 0 amide bonds. The van der Waals surface area contributed by atoms with Crippen LogP contribution in [-0.2, 0) is 13.1 Å². The topological polar surface area (TPSA) is 38.1 Å². The van der Waals surface area contributed by atoms with Crippen molar-refractivity contribution in [2.24, 2.45) is 0 Å². The highest BCUT2D eigenvalue weighted by molar-refractivity contribution is 6.31. The van der Waals surface area contributed by atoms with Gasteiger partial charge in [0.2, 0.25) is 5.89 Å². The van der Waals surface area contributed by atoms with Gasteiger partial charge in [0.1, 0.15) is 11.6 Å². The molecule has 5 heteroatoms. The van der Waals surface area contributed by atoms with Crippen LogP contribution in [0.4, 0.5) is 4.39 Å². The molecule has 1 heterocycles. The monoisotopic (exact) mass is 268 g/mol. The minimum Gasteiger partial charge on any atom is -0.444 e. The van der Waals surface area contributed by atoms with Crippen LogP contribution in [0.25, 0.3) is 0 Å². The van der Waals surface area contributed by atoms with E-state index in [0.717, 1.165) is 17.0 Å². The van der Waals surface area contributed by atoms with Crippen molar-refractivity contribution < 1.29 is 8.81 Å². The Kier molecular flexibility index (Phi) is 3.99. The fourth-order valence-electron chi connectivity index (χ4n) is 1.58. The largest absolute Gasteiger partial charge is 0.444 e. The van der Waals surface area contributed by atoms with E-state index in [0.29, 0.717) is 24.0 Å². The van der Waals surface area contributed by atoms with E-state index in [1.165, 1.54) is 12.1 Å². The number of nitrogens with zero attached hydrogens (tertiary/aromatic N) is 1. The van der Waals surface area contributed by atoms with Crippen molar-refractivity contribution in [3.8, 4) is 0 Å². The SMILES string of the molecule is Cc1nc(CNCc2ccc(F)cc2Cl)oc1C. The third-order valence-corrected chi connectivity index (χ3v) is 3.03. The lowest BCUT2D eigenvalue weighted by Crippen LogP contribution is -2.13. The van der Waals surface area contributed by atoms with Crippen LogP contribution in [0, 0.1) is 19.7 Å². The summed E-state index contributed by atoms with van der Waals surface area (Å²) in [4.78, 5) is 4.26. The second-order valence-corrected chi connectivity index (χ2v) is 4.50. The molecule has 1 N–H and O–H groups in total. The summed E-state index contributed by atoms with van der Waals surface area (Å²) < 4.78 is 18.3. The van der Waals surface area contributed by atoms with Gasteiger partial charge in [-0.3, -0.25) is 0 Å². The molecule has 1 aromatic carbocycles. The number of hydrogen-bond acceptors (Lipinski definition) is 3. The quantitative estimate of drug-likeness (QED) is 0.924. The molecule has 0 saturated carbocycles. The second-order valence-electron chi connectivity index (χ2n) is 4.09. The van der Waals surface area contributed by atoms with Crippen molar-refractivity contribution in [2.75, 3.05) is 0 Å². The predicted octanol–water partition coefficient (Wildman–Crippen LogP) is 3.37. The van der Waals surface area contributed by atoms with Crippen LogP contribution in [-0.4, -0.2) is 4.98 Å². The Labute approximate surface area is 110 Å². The van der Waals surface area contributed by atoms with Gasteiger partial charge in [-0.05, 0) is 31.5 Å². The van der Waals surface area contributed by atoms with E-state index < -0.39 is 0 Å². The molecule has 0 aliphatic rings. The van der Waals surface area contributed by atoms with Gasteiger partial charge >= 0.3 is 0 Å².